The number of aryl methyl sites for hydroxylation is 2. The first-order valence-corrected chi connectivity index (χ1v) is 6.45. The Labute approximate surface area is 103 Å². The highest BCUT2D eigenvalue weighted by molar-refractivity contribution is 5.41. The summed E-state index contributed by atoms with van der Waals surface area (Å²) in [6.07, 6.45) is 0.890. The number of hydrogen-bond donors (Lipinski definition) is 2. The zero-order valence-electron chi connectivity index (χ0n) is 10.8. The monoisotopic (exact) mass is 234 g/mol. The van der Waals surface area contributed by atoms with Crippen molar-refractivity contribution >= 4 is 0 Å². The van der Waals surface area contributed by atoms with Gasteiger partial charge in [-0.05, 0) is 36.1 Å². The molecule has 1 aromatic carbocycles. The molecular formula is C14H22N2O. The molecule has 3 nitrogen and oxygen atoms in total. The lowest BCUT2D eigenvalue weighted by Crippen LogP contribution is -2.43. The number of phenols is 1. The first kappa shape index (κ1) is 12.4. The van der Waals surface area contributed by atoms with Crippen molar-refractivity contribution in [1.29, 1.82) is 0 Å². The smallest absolute Gasteiger partial charge is 0.119 e. The molecule has 0 unspecified atom stereocenters. The fourth-order valence-electron chi connectivity index (χ4n) is 2.35. The van der Waals surface area contributed by atoms with Gasteiger partial charge >= 0.3 is 0 Å². The fourth-order valence-corrected chi connectivity index (χ4v) is 2.35. The number of aromatic hydroxyl groups is 1. The predicted molar refractivity (Wildman–Crippen MR) is 70.4 cm³/mol. The van der Waals surface area contributed by atoms with Gasteiger partial charge in [-0.3, -0.25) is 4.90 Å². The molecule has 0 spiro atoms. The number of nitrogens with zero attached hydrogens (tertiary/aromatic N) is 1. The van der Waals surface area contributed by atoms with E-state index in [1.54, 1.807) is 0 Å². The Bertz CT molecular complexity index is 384. The third-order valence-corrected chi connectivity index (χ3v) is 3.52. The second kappa shape index (κ2) is 5.52. The molecule has 0 amide bonds. The molecule has 94 valence electrons. The molecule has 3 heteroatoms. The molecule has 1 aliphatic heterocycles. The number of nitrogens with one attached hydrogen (secondary N) is 1. The number of hydrogen-bond acceptors (Lipinski definition) is 3. The van der Waals surface area contributed by atoms with Gasteiger partial charge in [0.2, 0.25) is 0 Å². The van der Waals surface area contributed by atoms with Crippen LogP contribution in [0.3, 0.4) is 0 Å². The molecule has 1 heterocycles. The molecule has 1 fully saturated rings. The SMILES string of the molecule is CCc1cc(CN2CCNCC2)c(C)cc1O. The quantitative estimate of drug-likeness (QED) is 0.835. The molecule has 0 aliphatic carbocycles. The van der Waals surface area contributed by atoms with Gasteiger partial charge in [0.15, 0.2) is 0 Å². The first-order chi connectivity index (χ1) is 8.20. The van der Waals surface area contributed by atoms with E-state index in [2.05, 4.69) is 30.1 Å². The van der Waals surface area contributed by atoms with Crippen molar-refractivity contribution < 1.29 is 5.11 Å². The standard InChI is InChI=1S/C14H22N2O/c1-3-12-9-13(11(2)8-14(12)17)10-16-6-4-15-5-7-16/h8-9,15,17H,3-7,10H2,1-2H3. The second-order valence-corrected chi connectivity index (χ2v) is 4.79. The molecule has 1 aromatic rings. The average Bonchev–Trinajstić information content (AvgIpc) is 2.34. The Hall–Kier alpha value is -1.06. The summed E-state index contributed by atoms with van der Waals surface area (Å²) in [7, 11) is 0. The maximum absolute atomic E-state index is 9.80. The minimum atomic E-state index is 0.439. The molecule has 0 atom stereocenters. The zero-order chi connectivity index (χ0) is 12.3. The Balaban J connectivity index is 2.13. The number of phenolic OH excluding ortho intramolecular Hbond substituents is 1. The third-order valence-electron chi connectivity index (χ3n) is 3.52. The Kier molecular flexibility index (Phi) is 4.02. The van der Waals surface area contributed by atoms with Crippen LogP contribution < -0.4 is 5.32 Å². The summed E-state index contributed by atoms with van der Waals surface area (Å²) in [6, 6.07) is 4.06. The molecule has 0 bridgehead atoms. The van der Waals surface area contributed by atoms with E-state index in [0.717, 1.165) is 44.7 Å². The van der Waals surface area contributed by atoms with E-state index in [0.29, 0.717) is 5.75 Å². The van der Waals surface area contributed by atoms with Crippen LogP contribution in [0.5, 0.6) is 5.75 Å². The summed E-state index contributed by atoms with van der Waals surface area (Å²) in [5.74, 6) is 0.439. The van der Waals surface area contributed by atoms with Crippen LogP contribution in [-0.4, -0.2) is 36.2 Å². The van der Waals surface area contributed by atoms with Gasteiger partial charge in [-0.2, -0.15) is 0 Å². The summed E-state index contributed by atoms with van der Waals surface area (Å²) in [4.78, 5) is 2.47. The molecule has 0 radical (unpaired) electrons. The van der Waals surface area contributed by atoms with Crippen LogP contribution in [0.1, 0.15) is 23.6 Å². The average molecular weight is 234 g/mol. The van der Waals surface area contributed by atoms with Crippen molar-refractivity contribution in [3.8, 4) is 5.75 Å². The first-order valence-electron chi connectivity index (χ1n) is 6.45. The molecule has 1 saturated heterocycles. The third kappa shape index (κ3) is 2.99. The van der Waals surface area contributed by atoms with Crippen LogP contribution in [0.15, 0.2) is 12.1 Å². The topological polar surface area (TPSA) is 35.5 Å². The van der Waals surface area contributed by atoms with Crippen molar-refractivity contribution in [1.82, 2.24) is 10.2 Å². The van der Waals surface area contributed by atoms with Gasteiger partial charge < -0.3 is 10.4 Å². The minimum absolute atomic E-state index is 0.439. The molecule has 0 aromatic heterocycles. The zero-order valence-corrected chi connectivity index (χ0v) is 10.8. The van der Waals surface area contributed by atoms with Crippen molar-refractivity contribution in [3.63, 3.8) is 0 Å². The normalized spacial score (nSPS) is 17.3. The largest absolute Gasteiger partial charge is 0.508 e. The van der Waals surface area contributed by atoms with Crippen LogP contribution >= 0.6 is 0 Å². The Morgan fingerprint density at radius 3 is 2.59 bits per heavy atom. The van der Waals surface area contributed by atoms with Crippen LogP contribution in [0, 0.1) is 6.92 Å². The van der Waals surface area contributed by atoms with Gasteiger partial charge in [-0.25, -0.2) is 0 Å². The minimum Gasteiger partial charge on any atom is -0.508 e. The van der Waals surface area contributed by atoms with Gasteiger partial charge in [-0.15, -0.1) is 0 Å². The van der Waals surface area contributed by atoms with Crippen LogP contribution in [0.25, 0.3) is 0 Å². The molecule has 0 saturated carbocycles. The highest BCUT2D eigenvalue weighted by Gasteiger charge is 2.12. The highest BCUT2D eigenvalue weighted by Crippen LogP contribution is 2.23. The summed E-state index contributed by atoms with van der Waals surface area (Å²) in [5, 5.41) is 13.2. The molecule has 1 aliphatic rings. The van der Waals surface area contributed by atoms with Crippen molar-refractivity contribution in [2.45, 2.75) is 26.8 Å². The van der Waals surface area contributed by atoms with Gasteiger partial charge in [0.05, 0.1) is 0 Å². The maximum atomic E-state index is 9.80. The van der Waals surface area contributed by atoms with Crippen molar-refractivity contribution in [2.24, 2.45) is 0 Å². The van der Waals surface area contributed by atoms with Crippen LogP contribution in [0.2, 0.25) is 0 Å². The lowest BCUT2D eigenvalue weighted by atomic mass is 10.0. The number of piperazine rings is 1. The van der Waals surface area contributed by atoms with E-state index < -0.39 is 0 Å². The van der Waals surface area contributed by atoms with E-state index in [9.17, 15) is 5.11 Å². The van der Waals surface area contributed by atoms with Crippen molar-refractivity contribution in [3.05, 3.63) is 28.8 Å². The van der Waals surface area contributed by atoms with Gasteiger partial charge in [-0.1, -0.05) is 13.0 Å². The van der Waals surface area contributed by atoms with Crippen LogP contribution in [0.4, 0.5) is 0 Å². The molecular weight excluding hydrogens is 212 g/mol. The fraction of sp³-hybridized carbons (Fsp3) is 0.571. The predicted octanol–water partition coefficient (Wildman–Crippen LogP) is 1.67. The summed E-state index contributed by atoms with van der Waals surface area (Å²) < 4.78 is 0. The van der Waals surface area contributed by atoms with E-state index in [-0.39, 0.29) is 0 Å². The van der Waals surface area contributed by atoms with E-state index in [1.807, 2.05) is 6.07 Å². The summed E-state index contributed by atoms with van der Waals surface area (Å²) in [5.41, 5.74) is 3.60. The Morgan fingerprint density at radius 2 is 1.94 bits per heavy atom. The van der Waals surface area contributed by atoms with Gasteiger partial charge in [0, 0.05) is 32.7 Å². The number of benzene rings is 1. The van der Waals surface area contributed by atoms with E-state index >= 15 is 0 Å². The molecule has 2 N–H and O–H groups in total. The van der Waals surface area contributed by atoms with Gasteiger partial charge in [0.25, 0.3) is 0 Å². The highest BCUT2D eigenvalue weighted by atomic mass is 16.3. The van der Waals surface area contributed by atoms with Gasteiger partial charge in [0.1, 0.15) is 5.75 Å². The lowest BCUT2D eigenvalue weighted by molar-refractivity contribution is 0.232. The number of rotatable bonds is 3. The summed E-state index contributed by atoms with van der Waals surface area (Å²) in [6.45, 7) is 9.55. The van der Waals surface area contributed by atoms with E-state index in [4.69, 9.17) is 0 Å². The van der Waals surface area contributed by atoms with Crippen LogP contribution in [-0.2, 0) is 13.0 Å². The van der Waals surface area contributed by atoms with E-state index in [1.165, 1.54) is 11.1 Å². The van der Waals surface area contributed by atoms with Crippen molar-refractivity contribution in [2.75, 3.05) is 26.2 Å². The summed E-state index contributed by atoms with van der Waals surface area (Å²) >= 11 is 0. The molecule has 17 heavy (non-hydrogen) atoms. The second-order valence-electron chi connectivity index (χ2n) is 4.79. The lowest BCUT2D eigenvalue weighted by Gasteiger charge is -2.28. The molecule has 2 rings (SSSR count). The Morgan fingerprint density at radius 1 is 1.24 bits per heavy atom. The maximum Gasteiger partial charge on any atom is 0.119 e.